The molecule has 1 fully saturated rings. The number of hydrogen-bond donors (Lipinski definition) is 1. The molecule has 2 aromatic carbocycles. The third-order valence-corrected chi connectivity index (χ3v) is 4.05. The zero-order valence-corrected chi connectivity index (χ0v) is 14.0. The van der Waals surface area contributed by atoms with Gasteiger partial charge in [-0.15, -0.1) is 0 Å². The van der Waals surface area contributed by atoms with Crippen LogP contribution < -0.4 is 15.0 Å². The van der Waals surface area contributed by atoms with E-state index in [2.05, 4.69) is 5.32 Å². The van der Waals surface area contributed by atoms with Gasteiger partial charge in [-0.3, -0.25) is 9.59 Å². The van der Waals surface area contributed by atoms with Crippen LogP contribution in [0.1, 0.15) is 6.42 Å². The summed E-state index contributed by atoms with van der Waals surface area (Å²) in [4.78, 5) is 25.6. The third kappa shape index (κ3) is 4.48. The van der Waals surface area contributed by atoms with Gasteiger partial charge in [-0.1, -0.05) is 17.7 Å². The van der Waals surface area contributed by atoms with Crippen LogP contribution in [-0.2, 0) is 9.59 Å². The lowest BCUT2D eigenvalue weighted by atomic mass is 10.2. The quantitative estimate of drug-likeness (QED) is 0.889. The molecule has 25 heavy (non-hydrogen) atoms. The second-order valence-electron chi connectivity index (χ2n) is 5.70. The largest absolute Gasteiger partial charge is 0.484 e. The molecular weight excluding hydrogens is 347 g/mol. The van der Waals surface area contributed by atoms with Crippen molar-refractivity contribution in [1.29, 1.82) is 0 Å². The Balaban J connectivity index is 1.52. The molecule has 0 spiro atoms. The number of halogens is 2. The highest BCUT2D eigenvalue weighted by Gasteiger charge is 2.31. The molecule has 7 heteroatoms. The minimum absolute atomic E-state index is 0.158. The third-order valence-electron chi connectivity index (χ3n) is 3.79. The fourth-order valence-electron chi connectivity index (χ4n) is 2.65. The molecule has 0 unspecified atom stereocenters. The standard InChI is InChI=1S/C18H16ClFN2O3/c19-12-4-6-16(7-5-12)25-11-17(23)21-14-9-18(24)22(10-14)15-3-1-2-13(20)8-15/h1-8,14H,9-11H2,(H,21,23)/t14-/m1/s1. The maximum absolute atomic E-state index is 13.3. The number of rotatable bonds is 5. The van der Waals surface area contributed by atoms with Gasteiger partial charge in [-0.25, -0.2) is 4.39 Å². The van der Waals surface area contributed by atoms with E-state index < -0.39 is 5.82 Å². The van der Waals surface area contributed by atoms with E-state index in [9.17, 15) is 14.0 Å². The molecule has 0 aliphatic carbocycles. The topological polar surface area (TPSA) is 58.6 Å². The fraction of sp³-hybridized carbons (Fsp3) is 0.222. The summed E-state index contributed by atoms with van der Waals surface area (Å²) in [5.74, 6) is -0.360. The molecule has 1 atom stereocenters. The minimum atomic E-state index is -0.408. The summed E-state index contributed by atoms with van der Waals surface area (Å²) in [6.45, 7) is 0.140. The van der Waals surface area contributed by atoms with Gasteiger partial charge in [-0.05, 0) is 42.5 Å². The molecule has 1 saturated heterocycles. The Hall–Kier alpha value is -2.60. The van der Waals surface area contributed by atoms with Gasteiger partial charge in [0.05, 0.1) is 6.04 Å². The first kappa shape index (κ1) is 17.2. The summed E-state index contributed by atoms with van der Waals surface area (Å²) in [5, 5.41) is 3.34. The Morgan fingerprint density at radius 1 is 1.28 bits per heavy atom. The molecule has 0 saturated carbocycles. The van der Waals surface area contributed by atoms with Gasteiger partial charge in [0.2, 0.25) is 5.91 Å². The Labute approximate surface area is 149 Å². The van der Waals surface area contributed by atoms with Crippen molar-refractivity contribution < 1.29 is 18.7 Å². The molecule has 5 nitrogen and oxygen atoms in total. The van der Waals surface area contributed by atoms with Gasteiger partial charge in [0.1, 0.15) is 11.6 Å². The number of anilines is 1. The molecule has 1 aliphatic rings. The second-order valence-corrected chi connectivity index (χ2v) is 6.13. The van der Waals surface area contributed by atoms with Crippen LogP contribution in [-0.4, -0.2) is 31.0 Å². The lowest BCUT2D eigenvalue weighted by Gasteiger charge is -2.17. The average Bonchev–Trinajstić information content (AvgIpc) is 2.94. The molecular formula is C18H16ClFN2O3. The van der Waals surface area contributed by atoms with Crippen molar-refractivity contribution in [3.05, 3.63) is 59.4 Å². The van der Waals surface area contributed by atoms with E-state index in [1.807, 2.05) is 0 Å². The number of carbonyl (C=O) groups excluding carboxylic acids is 2. The van der Waals surface area contributed by atoms with Crippen molar-refractivity contribution >= 4 is 29.1 Å². The van der Waals surface area contributed by atoms with Gasteiger partial charge in [-0.2, -0.15) is 0 Å². The molecule has 2 aromatic rings. The maximum atomic E-state index is 13.3. The highest BCUT2D eigenvalue weighted by Crippen LogP contribution is 2.22. The normalized spacial score (nSPS) is 16.8. The van der Waals surface area contributed by atoms with Crippen molar-refractivity contribution in [3.63, 3.8) is 0 Å². The van der Waals surface area contributed by atoms with Gasteiger partial charge in [0.25, 0.3) is 5.91 Å². The molecule has 0 radical (unpaired) electrons. The summed E-state index contributed by atoms with van der Waals surface area (Å²) in [5.41, 5.74) is 0.485. The Morgan fingerprint density at radius 3 is 2.76 bits per heavy atom. The Morgan fingerprint density at radius 2 is 2.04 bits per heavy atom. The predicted octanol–water partition coefficient (Wildman–Crippen LogP) is 2.78. The number of ether oxygens (including phenoxy) is 1. The predicted molar refractivity (Wildman–Crippen MR) is 92.2 cm³/mol. The second kappa shape index (κ2) is 7.53. The van der Waals surface area contributed by atoms with E-state index in [-0.39, 0.29) is 30.9 Å². The van der Waals surface area contributed by atoms with Crippen LogP contribution >= 0.6 is 11.6 Å². The van der Waals surface area contributed by atoms with E-state index in [1.165, 1.54) is 17.0 Å². The molecule has 130 valence electrons. The molecule has 3 rings (SSSR count). The van der Waals surface area contributed by atoms with E-state index in [4.69, 9.17) is 16.3 Å². The fourth-order valence-corrected chi connectivity index (χ4v) is 2.77. The first-order valence-corrected chi connectivity index (χ1v) is 8.13. The number of benzene rings is 2. The highest BCUT2D eigenvalue weighted by atomic mass is 35.5. The molecule has 2 amide bonds. The van der Waals surface area contributed by atoms with Gasteiger partial charge in [0, 0.05) is 23.7 Å². The molecule has 0 aromatic heterocycles. The van der Waals surface area contributed by atoms with Gasteiger partial charge in [0.15, 0.2) is 6.61 Å². The average molecular weight is 363 g/mol. The van der Waals surface area contributed by atoms with Crippen molar-refractivity contribution in [2.24, 2.45) is 0 Å². The van der Waals surface area contributed by atoms with Crippen molar-refractivity contribution in [3.8, 4) is 5.75 Å². The van der Waals surface area contributed by atoms with Crippen LogP contribution in [0, 0.1) is 5.82 Å². The van der Waals surface area contributed by atoms with Crippen LogP contribution in [0.5, 0.6) is 5.75 Å². The van der Waals surface area contributed by atoms with Crippen LogP contribution in [0.15, 0.2) is 48.5 Å². The Bertz CT molecular complexity index is 782. The lowest BCUT2D eigenvalue weighted by molar-refractivity contribution is -0.123. The first-order chi connectivity index (χ1) is 12.0. The maximum Gasteiger partial charge on any atom is 0.258 e. The number of hydrogen-bond acceptors (Lipinski definition) is 3. The van der Waals surface area contributed by atoms with Crippen LogP contribution in [0.25, 0.3) is 0 Å². The molecule has 0 bridgehead atoms. The highest BCUT2D eigenvalue weighted by molar-refractivity contribution is 6.30. The lowest BCUT2D eigenvalue weighted by Crippen LogP contribution is -2.39. The monoisotopic (exact) mass is 362 g/mol. The van der Waals surface area contributed by atoms with Gasteiger partial charge < -0.3 is 15.0 Å². The van der Waals surface area contributed by atoms with E-state index >= 15 is 0 Å². The minimum Gasteiger partial charge on any atom is -0.484 e. The number of carbonyl (C=O) groups is 2. The molecule has 1 heterocycles. The number of nitrogens with zero attached hydrogens (tertiary/aromatic N) is 1. The smallest absolute Gasteiger partial charge is 0.258 e. The first-order valence-electron chi connectivity index (χ1n) is 7.75. The molecule has 1 N–H and O–H groups in total. The summed E-state index contributed by atoms with van der Waals surface area (Å²) in [6.07, 6.45) is 0.170. The van der Waals surface area contributed by atoms with Crippen molar-refractivity contribution in [2.75, 3.05) is 18.1 Å². The Kier molecular flexibility index (Phi) is 5.19. The summed E-state index contributed by atoms with van der Waals surface area (Å²) >= 11 is 5.78. The van der Waals surface area contributed by atoms with Crippen LogP contribution in [0.2, 0.25) is 5.02 Å². The zero-order chi connectivity index (χ0) is 17.8. The van der Waals surface area contributed by atoms with Crippen molar-refractivity contribution in [2.45, 2.75) is 12.5 Å². The van der Waals surface area contributed by atoms with E-state index in [0.29, 0.717) is 23.0 Å². The summed E-state index contributed by atoms with van der Waals surface area (Å²) < 4.78 is 18.7. The molecule has 1 aliphatic heterocycles. The van der Waals surface area contributed by atoms with E-state index in [0.717, 1.165) is 0 Å². The van der Waals surface area contributed by atoms with E-state index in [1.54, 1.807) is 36.4 Å². The SMILES string of the molecule is O=C(COc1ccc(Cl)cc1)N[C@@H]1CC(=O)N(c2cccc(F)c2)C1. The number of nitrogens with one attached hydrogen (secondary N) is 1. The van der Waals surface area contributed by atoms with Crippen LogP contribution in [0.3, 0.4) is 0 Å². The van der Waals surface area contributed by atoms with Crippen molar-refractivity contribution in [1.82, 2.24) is 5.32 Å². The van der Waals surface area contributed by atoms with Crippen LogP contribution in [0.4, 0.5) is 10.1 Å². The zero-order valence-electron chi connectivity index (χ0n) is 13.2. The summed E-state index contributed by atoms with van der Waals surface area (Å²) in [6, 6.07) is 12.2. The number of amides is 2. The van der Waals surface area contributed by atoms with Gasteiger partial charge >= 0.3 is 0 Å². The summed E-state index contributed by atoms with van der Waals surface area (Å²) in [7, 11) is 0.